The minimum absolute atomic E-state index is 0.454. The molecule has 6 aliphatic rings. The maximum Gasteiger partial charge on any atom is 0.0937 e. The first-order valence-corrected chi connectivity index (χ1v) is 26.6. The zero-order chi connectivity index (χ0) is 39.2. The molecule has 0 aliphatic heterocycles. The molecule has 1 spiro atoms. The molecule has 6 rings (SSSR count). The first kappa shape index (κ1) is 45.1. The van der Waals surface area contributed by atoms with Crippen molar-refractivity contribution in [1.29, 1.82) is 0 Å². The Hall–Kier alpha value is -0.430. The second-order valence-electron chi connectivity index (χ2n) is 22.5. The third-order valence-electron chi connectivity index (χ3n) is 18.9. The summed E-state index contributed by atoms with van der Waals surface area (Å²) in [6.45, 7) is 10.0. The van der Waals surface area contributed by atoms with Crippen molar-refractivity contribution < 1.29 is 0 Å². The molecular formula is C55H98N+. The van der Waals surface area contributed by atoms with Crippen LogP contribution in [-0.2, 0) is 0 Å². The molecule has 6 saturated carbocycles. The predicted octanol–water partition coefficient (Wildman–Crippen LogP) is 17.0. The Kier molecular flexibility index (Phi) is 18.5. The van der Waals surface area contributed by atoms with Crippen molar-refractivity contribution in [2.75, 3.05) is 0 Å². The van der Waals surface area contributed by atoms with Crippen LogP contribution < -0.4 is 5.73 Å². The molecule has 0 saturated heterocycles. The maximum absolute atomic E-state index is 6.73. The molecule has 0 amide bonds. The van der Waals surface area contributed by atoms with E-state index in [4.69, 9.17) is 5.73 Å². The van der Waals surface area contributed by atoms with Gasteiger partial charge in [0.05, 0.1) is 19.3 Å². The van der Waals surface area contributed by atoms with Gasteiger partial charge in [-0.25, -0.2) is 0 Å². The van der Waals surface area contributed by atoms with Crippen molar-refractivity contribution in [3.63, 3.8) is 0 Å². The van der Waals surface area contributed by atoms with Crippen LogP contribution in [0.25, 0.3) is 0 Å². The zero-order valence-electron chi connectivity index (χ0n) is 38.4. The lowest BCUT2D eigenvalue weighted by Gasteiger charge is -2.38. The van der Waals surface area contributed by atoms with Gasteiger partial charge in [-0.2, -0.15) is 0 Å². The van der Waals surface area contributed by atoms with Gasteiger partial charge in [0.2, 0.25) is 0 Å². The third-order valence-corrected chi connectivity index (χ3v) is 18.9. The maximum atomic E-state index is 6.73. The van der Waals surface area contributed by atoms with Crippen LogP contribution in [0.3, 0.4) is 0 Å². The fourth-order valence-corrected chi connectivity index (χ4v) is 14.8. The molecular weight excluding hydrogens is 675 g/mol. The molecule has 0 aromatic heterocycles. The highest BCUT2D eigenvalue weighted by Gasteiger charge is 2.88. The third kappa shape index (κ3) is 12.1. The van der Waals surface area contributed by atoms with E-state index < -0.39 is 0 Å². The molecule has 0 heterocycles. The number of rotatable bonds is 26. The van der Waals surface area contributed by atoms with Crippen molar-refractivity contribution in [1.82, 2.24) is 0 Å². The van der Waals surface area contributed by atoms with E-state index in [1.54, 1.807) is 38.5 Å². The topological polar surface area (TPSA) is 26.0 Å². The second kappa shape index (κ2) is 23.0. The van der Waals surface area contributed by atoms with Gasteiger partial charge >= 0.3 is 0 Å². The van der Waals surface area contributed by atoms with E-state index in [0.717, 1.165) is 64.1 Å². The average Bonchev–Trinajstić information content (AvgIpc) is 4.07. The van der Waals surface area contributed by atoms with Gasteiger partial charge in [0.15, 0.2) is 0 Å². The number of hydrogen-bond acceptors (Lipinski definition) is 1. The van der Waals surface area contributed by atoms with E-state index in [1.807, 2.05) is 0 Å². The van der Waals surface area contributed by atoms with Crippen molar-refractivity contribution >= 4 is 0 Å². The SMILES string of the molecule is CCCC(CCC(CC/C=C/C(C[CH+]CC(C)CC(CC1CCCCCC1)C12CCCCCC13CC32)CCCC(N)C1CCC1)C1CCCCCC1)C(C)CC. The number of nitrogens with two attached hydrogens (primary N) is 1. The van der Waals surface area contributed by atoms with Crippen molar-refractivity contribution in [2.45, 2.75) is 258 Å². The highest BCUT2D eigenvalue weighted by molar-refractivity contribution is 5.36. The molecule has 10 atom stereocenters. The molecule has 0 aromatic rings. The Labute approximate surface area is 351 Å². The predicted molar refractivity (Wildman–Crippen MR) is 245 cm³/mol. The zero-order valence-corrected chi connectivity index (χ0v) is 38.4. The molecule has 0 bridgehead atoms. The van der Waals surface area contributed by atoms with Gasteiger partial charge in [-0.1, -0.05) is 168 Å². The van der Waals surface area contributed by atoms with Crippen LogP contribution in [-0.4, -0.2) is 6.04 Å². The summed E-state index contributed by atoms with van der Waals surface area (Å²) in [7, 11) is 0. The minimum atomic E-state index is 0.454. The first-order valence-electron chi connectivity index (χ1n) is 26.6. The van der Waals surface area contributed by atoms with Gasteiger partial charge in [0, 0.05) is 12.0 Å². The Morgan fingerprint density at radius 3 is 2.07 bits per heavy atom. The highest BCUT2D eigenvalue weighted by Crippen LogP contribution is 2.94. The lowest BCUT2D eigenvalue weighted by atomic mass is 9.66. The molecule has 1 nitrogen and oxygen atoms in total. The lowest BCUT2D eigenvalue weighted by Crippen LogP contribution is -2.34. The summed E-state index contributed by atoms with van der Waals surface area (Å²) in [5.74, 6) is 9.36. The fourth-order valence-electron chi connectivity index (χ4n) is 14.8. The summed E-state index contributed by atoms with van der Waals surface area (Å²) < 4.78 is 0. The van der Waals surface area contributed by atoms with E-state index in [2.05, 4.69) is 46.3 Å². The van der Waals surface area contributed by atoms with Gasteiger partial charge in [0.1, 0.15) is 0 Å². The first-order chi connectivity index (χ1) is 27.4. The normalized spacial score (nSPS) is 31.4. The molecule has 1 heteroatoms. The monoisotopic (exact) mass is 773 g/mol. The summed E-state index contributed by atoms with van der Waals surface area (Å²) in [5.41, 5.74) is 8.35. The largest absolute Gasteiger partial charge is 0.327 e. The molecule has 10 unspecified atom stereocenters. The molecule has 6 fully saturated rings. The molecule has 322 valence electrons. The van der Waals surface area contributed by atoms with Crippen LogP contribution in [0, 0.1) is 76.4 Å². The lowest BCUT2D eigenvalue weighted by molar-refractivity contribution is 0.108. The molecule has 56 heavy (non-hydrogen) atoms. The van der Waals surface area contributed by atoms with Crippen LogP contribution >= 0.6 is 0 Å². The van der Waals surface area contributed by atoms with Crippen molar-refractivity contribution in [3.05, 3.63) is 18.6 Å². The summed E-state index contributed by atoms with van der Waals surface area (Å²) in [5, 5.41) is 0. The van der Waals surface area contributed by atoms with Crippen LogP contribution in [0.2, 0.25) is 0 Å². The molecule has 0 radical (unpaired) electrons. The smallest absolute Gasteiger partial charge is 0.0937 e. The molecule has 6 aliphatic carbocycles. The Morgan fingerprint density at radius 2 is 1.39 bits per heavy atom. The van der Waals surface area contributed by atoms with Crippen LogP contribution in [0.4, 0.5) is 0 Å². The van der Waals surface area contributed by atoms with Crippen LogP contribution in [0.15, 0.2) is 12.2 Å². The number of fused-ring (bicyclic) bond motifs is 1. The fraction of sp³-hybridized carbons (Fsp3) is 0.945. The van der Waals surface area contributed by atoms with Gasteiger partial charge in [-0.15, -0.1) is 0 Å². The van der Waals surface area contributed by atoms with Gasteiger partial charge in [-0.3, -0.25) is 0 Å². The Balaban J connectivity index is 1.03. The van der Waals surface area contributed by atoms with Crippen LogP contribution in [0.1, 0.15) is 252 Å². The van der Waals surface area contributed by atoms with E-state index in [0.29, 0.717) is 12.0 Å². The number of hydrogen-bond donors (Lipinski definition) is 1. The van der Waals surface area contributed by atoms with Crippen molar-refractivity contribution in [3.8, 4) is 0 Å². The van der Waals surface area contributed by atoms with Crippen LogP contribution in [0.5, 0.6) is 0 Å². The van der Waals surface area contributed by atoms with E-state index in [-0.39, 0.29) is 0 Å². The van der Waals surface area contributed by atoms with Gasteiger partial charge < -0.3 is 5.73 Å². The quantitative estimate of drug-likeness (QED) is 0.0529. The minimum Gasteiger partial charge on any atom is -0.327 e. The second-order valence-corrected chi connectivity index (χ2v) is 22.5. The molecule has 0 aromatic carbocycles. The average molecular weight is 773 g/mol. The summed E-state index contributed by atoms with van der Waals surface area (Å²) >= 11 is 0. The summed E-state index contributed by atoms with van der Waals surface area (Å²) in [4.78, 5) is 0. The summed E-state index contributed by atoms with van der Waals surface area (Å²) in [6, 6.07) is 0.454. The van der Waals surface area contributed by atoms with Gasteiger partial charge in [-0.05, 0) is 148 Å². The summed E-state index contributed by atoms with van der Waals surface area (Å²) in [6.07, 6.45) is 59.5. The van der Waals surface area contributed by atoms with E-state index >= 15 is 0 Å². The number of allylic oxidation sites excluding steroid dienone is 2. The van der Waals surface area contributed by atoms with E-state index in [1.165, 1.54) is 186 Å². The Morgan fingerprint density at radius 1 is 0.696 bits per heavy atom. The standard InChI is InChI=1S/C55H98N/c1-5-23-47(44(4)6-2)36-37-49(48-30-14-9-10-15-31-48)32-17-16-25-45(29-21-35-52(56)50-33-22-34-50)28-20-24-43(3)40-51(41-46-26-12-7-8-13-27-46)55-39-19-11-18-38-54(55)42-53(54)55/h16,20,25,43-53H,5-15,17-19,21-24,26-42,56H2,1-4H3/q+1/b25-16+. The highest BCUT2D eigenvalue weighted by atomic mass is 14.9. The van der Waals surface area contributed by atoms with Crippen molar-refractivity contribution in [2.24, 2.45) is 75.7 Å². The van der Waals surface area contributed by atoms with Gasteiger partial charge in [0.25, 0.3) is 0 Å². The Bertz CT molecular complexity index is 1090. The van der Waals surface area contributed by atoms with E-state index in [9.17, 15) is 0 Å². The molecule has 2 N–H and O–H groups in total.